The average molecular weight is 600 g/mol. The lowest BCUT2D eigenvalue weighted by atomic mass is 10.1. The summed E-state index contributed by atoms with van der Waals surface area (Å²) < 4.78 is 58.5. The molecule has 0 aliphatic heterocycles. The van der Waals surface area contributed by atoms with E-state index >= 15 is 0 Å². The Bertz CT molecular complexity index is 1660. The maximum Gasteiger partial charge on any atom is 0.416 e. The molecule has 3 aromatic carbocycles. The number of nitrogens with zero attached hydrogens (tertiary/aromatic N) is 2. The minimum atomic E-state index is -4.53. The number of alkyl halides is 3. The highest BCUT2D eigenvalue weighted by atomic mass is 32.2. The smallest absolute Gasteiger partial charge is 0.394 e. The van der Waals surface area contributed by atoms with Crippen molar-refractivity contribution in [2.24, 2.45) is 0 Å². The fourth-order valence-electron chi connectivity index (χ4n) is 3.77. The Balaban J connectivity index is 1.50. The van der Waals surface area contributed by atoms with Crippen molar-refractivity contribution in [3.8, 4) is 11.1 Å². The van der Waals surface area contributed by atoms with Crippen LogP contribution in [0.25, 0.3) is 11.1 Å². The molecule has 1 aromatic heterocycles. The maximum absolute atomic E-state index is 12.9. The topological polar surface area (TPSA) is 152 Å². The number of nitrogens with one attached hydrogen (secondary N) is 5. The van der Waals surface area contributed by atoms with Crippen LogP contribution in [0.2, 0.25) is 0 Å². The first-order chi connectivity index (χ1) is 19.8. The van der Waals surface area contributed by atoms with Crippen molar-refractivity contribution in [2.45, 2.75) is 24.0 Å². The Morgan fingerprint density at radius 3 is 2.26 bits per heavy atom. The van der Waals surface area contributed by atoms with E-state index in [0.29, 0.717) is 33.2 Å². The molecule has 4 rings (SSSR count). The minimum Gasteiger partial charge on any atom is -0.394 e. The number of hydrogen-bond acceptors (Lipinski definition) is 8. The van der Waals surface area contributed by atoms with Gasteiger partial charge in [0.1, 0.15) is 5.82 Å². The zero-order valence-electron chi connectivity index (χ0n) is 22.5. The predicted octanol–water partition coefficient (Wildman–Crippen LogP) is 6.38. The lowest BCUT2D eigenvalue weighted by Crippen LogP contribution is -2.21. The van der Waals surface area contributed by atoms with E-state index < -0.39 is 27.5 Å². The van der Waals surface area contributed by atoms with Crippen molar-refractivity contribution < 1.29 is 27.3 Å². The summed E-state index contributed by atoms with van der Waals surface area (Å²) in [6, 6.07) is 16.5. The quantitative estimate of drug-likeness (QED) is 0.131. The number of hydrogen-bond donors (Lipinski definition) is 6. The third-order valence-electron chi connectivity index (χ3n) is 5.91. The second-order valence-corrected chi connectivity index (χ2v) is 11.6. The SMILES string of the molecule is C[C@H](CO)Nc1nc(Nc2ccc(S(C)(=N)=O)cc2)ncc1-c1ccc(NC(=O)Nc2cccc(C(F)(F)F)c2)cc1. The van der Waals surface area contributed by atoms with E-state index in [-0.39, 0.29) is 24.3 Å². The first kappa shape index (κ1) is 30.3. The van der Waals surface area contributed by atoms with Crippen LogP contribution < -0.4 is 21.3 Å². The Morgan fingerprint density at radius 1 is 1.00 bits per heavy atom. The number of carbonyl (C=O) groups excluding carboxylic acids is 1. The van der Waals surface area contributed by atoms with Crippen molar-refractivity contribution in [1.82, 2.24) is 9.97 Å². The zero-order valence-corrected chi connectivity index (χ0v) is 23.3. The normalized spacial score (nSPS) is 13.5. The summed E-state index contributed by atoms with van der Waals surface area (Å²) in [7, 11) is -2.84. The number of carbonyl (C=O) groups is 1. The molecule has 0 aliphatic rings. The van der Waals surface area contributed by atoms with E-state index in [9.17, 15) is 27.3 Å². The van der Waals surface area contributed by atoms with Crippen LogP contribution in [0.5, 0.6) is 0 Å². The first-order valence-corrected chi connectivity index (χ1v) is 14.5. The number of aromatic nitrogens is 2. The van der Waals surface area contributed by atoms with Gasteiger partial charge in [0.2, 0.25) is 5.95 Å². The molecule has 0 spiro atoms. The van der Waals surface area contributed by atoms with Gasteiger partial charge >= 0.3 is 12.2 Å². The van der Waals surface area contributed by atoms with Crippen molar-refractivity contribution in [1.29, 1.82) is 4.78 Å². The number of halogens is 3. The van der Waals surface area contributed by atoms with E-state index in [1.54, 1.807) is 61.7 Å². The van der Waals surface area contributed by atoms with Gasteiger partial charge in [-0.1, -0.05) is 18.2 Å². The van der Waals surface area contributed by atoms with E-state index in [0.717, 1.165) is 12.1 Å². The highest BCUT2D eigenvalue weighted by molar-refractivity contribution is 7.91. The van der Waals surface area contributed by atoms with Crippen molar-refractivity contribution in [3.05, 3.63) is 84.6 Å². The predicted molar refractivity (Wildman–Crippen MR) is 157 cm³/mol. The van der Waals surface area contributed by atoms with Gasteiger partial charge in [-0.25, -0.2) is 18.8 Å². The second kappa shape index (κ2) is 12.4. The largest absolute Gasteiger partial charge is 0.416 e. The molecule has 0 saturated heterocycles. The van der Waals surface area contributed by atoms with Crippen LogP contribution in [-0.2, 0) is 15.9 Å². The lowest BCUT2D eigenvalue weighted by Gasteiger charge is -2.17. The summed E-state index contributed by atoms with van der Waals surface area (Å²) in [6.45, 7) is 1.62. The van der Waals surface area contributed by atoms with Crippen LogP contribution in [0.3, 0.4) is 0 Å². The van der Waals surface area contributed by atoms with Gasteiger partial charge in [-0.2, -0.15) is 18.2 Å². The van der Waals surface area contributed by atoms with E-state index in [2.05, 4.69) is 31.2 Å². The number of rotatable bonds is 9. The van der Waals surface area contributed by atoms with Gasteiger partial charge < -0.3 is 26.4 Å². The molecule has 0 fully saturated rings. The Morgan fingerprint density at radius 2 is 1.64 bits per heavy atom. The van der Waals surface area contributed by atoms with E-state index in [1.807, 2.05) is 0 Å². The molecule has 220 valence electrons. The molecule has 14 heteroatoms. The van der Waals surface area contributed by atoms with Gasteiger partial charge in [0.25, 0.3) is 0 Å². The number of amides is 2. The molecule has 0 aliphatic carbocycles. The summed E-state index contributed by atoms with van der Waals surface area (Å²) in [5.41, 5.74) is 1.44. The van der Waals surface area contributed by atoms with Gasteiger partial charge in [-0.15, -0.1) is 0 Å². The number of urea groups is 1. The number of aliphatic hydroxyl groups is 1. The Hall–Kier alpha value is -4.69. The fourth-order valence-corrected chi connectivity index (χ4v) is 4.42. The molecule has 4 aromatic rings. The standard InChI is InChI=1S/C28H28F3N7O3S/c1-17(16-39)34-25-24(15-33-26(38-25)35-20-10-12-23(13-11-20)42(2,32)41)18-6-8-21(9-7-18)36-27(40)37-22-5-3-4-19(14-22)28(29,30)31/h3-15,17,32,39H,16H2,1-2H3,(H2,36,37,40)(H2,33,34,35,38)/t17-,42?/m1/s1. The second-order valence-electron chi connectivity index (χ2n) is 9.41. The van der Waals surface area contributed by atoms with Gasteiger partial charge in [0.15, 0.2) is 0 Å². The molecule has 6 N–H and O–H groups in total. The molecular weight excluding hydrogens is 571 g/mol. The third kappa shape index (κ3) is 7.95. The Labute approximate surface area is 240 Å². The summed E-state index contributed by atoms with van der Waals surface area (Å²) in [5.74, 6) is 0.684. The summed E-state index contributed by atoms with van der Waals surface area (Å²) in [4.78, 5) is 21.7. The monoisotopic (exact) mass is 599 g/mol. The number of anilines is 5. The van der Waals surface area contributed by atoms with E-state index in [4.69, 9.17) is 4.78 Å². The van der Waals surface area contributed by atoms with Crippen molar-refractivity contribution in [2.75, 3.05) is 34.1 Å². The van der Waals surface area contributed by atoms with Gasteiger partial charge in [-0.05, 0) is 67.1 Å². The molecule has 0 radical (unpaired) electrons. The van der Waals surface area contributed by atoms with Gasteiger partial charge in [0, 0.05) is 46.0 Å². The summed E-state index contributed by atoms with van der Waals surface area (Å²) >= 11 is 0. The van der Waals surface area contributed by atoms with Crippen molar-refractivity contribution >= 4 is 44.6 Å². The highest BCUT2D eigenvalue weighted by Crippen LogP contribution is 2.31. The highest BCUT2D eigenvalue weighted by Gasteiger charge is 2.30. The third-order valence-corrected chi connectivity index (χ3v) is 7.08. The number of benzene rings is 3. The lowest BCUT2D eigenvalue weighted by molar-refractivity contribution is -0.137. The molecule has 1 heterocycles. The van der Waals surface area contributed by atoms with Gasteiger partial charge in [0.05, 0.1) is 21.9 Å². The van der Waals surface area contributed by atoms with Crippen molar-refractivity contribution in [3.63, 3.8) is 0 Å². The van der Waals surface area contributed by atoms with Crippen LogP contribution in [0.1, 0.15) is 12.5 Å². The zero-order chi connectivity index (χ0) is 30.5. The number of aliphatic hydroxyl groups excluding tert-OH is 1. The van der Waals surface area contributed by atoms with Gasteiger partial charge in [-0.3, -0.25) is 0 Å². The summed E-state index contributed by atoms with van der Waals surface area (Å²) in [6.07, 6.45) is -1.60. The minimum absolute atomic E-state index is 0.00386. The first-order valence-electron chi connectivity index (χ1n) is 12.5. The maximum atomic E-state index is 12.9. The molecule has 0 bridgehead atoms. The molecule has 1 unspecified atom stereocenters. The fraction of sp³-hybridized carbons (Fsp3) is 0.179. The molecule has 0 saturated carbocycles. The Kier molecular flexibility index (Phi) is 8.97. The molecule has 10 nitrogen and oxygen atoms in total. The van der Waals surface area contributed by atoms with E-state index in [1.165, 1.54) is 18.4 Å². The van der Waals surface area contributed by atoms with Crippen LogP contribution in [0.15, 0.2) is 83.9 Å². The molecule has 2 amide bonds. The van der Waals surface area contributed by atoms with Crippen LogP contribution >= 0.6 is 0 Å². The summed E-state index contributed by atoms with van der Waals surface area (Å²) in [5, 5.41) is 20.7. The molecule has 2 atom stereocenters. The molecule has 42 heavy (non-hydrogen) atoms. The molecular formula is C28H28F3N7O3S. The van der Waals surface area contributed by atoms with Crippen LogP contribution in [-0.4, -0.2) is 44.2 Å². The van der Waals surface area contributed by atoms with Crippen LogP contribution in [0, 0.1) is 4.78 Å². The average Bonchev–Trinajstić information content (AvgIpc) is 2.93. The van der Waals surface area contributed by atoms with Crippen LogP contribution in [0.4, 0.5) is 46.8 Å².